The van der Waals surface area contributed by atoms with E-state index in [0.717, 1.165) is 10.6 Å². The van der Waals surface area contributed by atoms with Crippen LogP contribution in [-0.4, -0.2) is 61.2 Å². The van der Waals surface area contributed by atoms with Crippen LogP contribution in [0.15, 0.2) is 24.5 Å². The van der Waals surface area contributed by atoms with Crippen molar-refractivity contribution in [1.82, 2.24) is 13.9 Å². The molecular formula is C13H16N4O5S. The van der Waals surface area contributed by atoms with Crippen molar-refractivity contribution in [3.8, 4) is 0 Å². The molecule has 0 unspecified atom stereocenters. The Hall–Kier alpha value is -2.46. The van der Waals surface area contributed by atoms with E-state index < -0.39 is 21.9 Å². The number of hydrogen-bond acceptors (Lipinski definition) is 6. The van der Waals surface area contributed by atoms with Gasteiger partial charge in [-0.25, -0.2) is 17.7 Å². The molecule has 0 bridgehead atoms. The Morgan fingerprint density at radius 3 is 2.74 bits per heavy atom. The van der Waals surface area contributed by atoms with Crippen LogP contribution in [0.3, 0.4) is 0 Å². The SMILES string of the molecule is COC(=O)c1cnn2ccc(NC(=O)CN(C)S(C)(=O)=O)cc12. The summed E-state index contributed by atoms with van der Waals surface area (Å²) in [6.07, 6.45) is 3.95. The van der Waals surface area contributed by atoms with E-state index in [1.165, 1.54) is 24.9 Å². The zero-order valence-corrected chi connectivity index (χ0v) is 13.6. The second kappa shape index (κ2) is 6.34. The van der Waals surface area contributed by atoms with Gasteiger partial charge in [-0.15, -0.1) is 0 Å². The molecule has 0 fully saturated rings. The summed E-state index contributed by atoms with van der Waals surface area (Å²) in [4.78, 5) is 23.5. The monoisotopic (exact) mass is 340 g/mol. The number of carbonyl (C=O) groups is 2. The maximum absolute atomic E-state index is 11.9. The molecule has 124 valence electrons. The maximum Gasteiger partial charge on any atom is 0.341 e. The number of amides is 1. The number of pyridine rings is 1. The first-order valence-corrected chi connectivity index (χ1v) is 8.34. The smallest absolute Gasteiger partial charge is 0.341 e. The number of aromatic nitrogens is 2. The molecular weight excluding hydrogens is 324 g/mol. The van der Waals surface area contributed by atoms with Crippen molar-refractivity contribution in [2.24, 2.45) is 0 Å². The highest BCUT2D eigenvalue weighted by molar-refractivity contribution is 7.88. The first-order chi connectivity index (χ1) is 10.7. The van der Waals surface area contributed by atoms with E-state index in [1.54, 1.807) is 18.3 Å². The molecule has 10 heteroatoms. The van der Waals surface area contributed by atoms with Crippen molar-refractivity contribution in [3.05, 3.63) is 30.1 Å². The van der Waals surface area contributed by atoms with Crippen LogP contribution in [-0.2, 0) is 19.6 Å². The van der Waals surface area contributed by atoms with Crippen molar-refractivity contribution in [3.63, 3.8) is 0 Å². The second-order valence-electron chi connectivity index (χ2n) is 4.86. The summed E-state index contributed by atoms with van der Waals surface area (Å²) < 4.78 is 29.6. The normalized spacial score (nSPS) is 11.7. The van der Waals surface area contributed by atoms with Gasteiger partial charge in [-0.05, 0) is 12.1 Å². The zero-order valence-electron chi connectivity index (χ0n) is 12.8. The van der Waals surface area contributed by atoms with E-state index in [4.69, 9.17) is 0 Å². The lowest BCUT2D eigenvalue weighted by atomic mass is 10.2. The van der Waals surface area contributed by atoms with E-state index >= 15 is 0 Å². The molecule has 23 heavy (non-hydrogen) atoms. The molecule has 0 aliphatic rings. The van der Waals surface area contributed by atoms with Crippen LogP contribution in [0.25, 0.3) is 5.52 Å². The second-order valence-corrected chi connectivity index (χ2v) is 6.95. The van der Waals surface area contributed by atoms with Gasteiger partial charge in [0.2, 0.25) is 15.9 Å². The van der Waals surface area contributed by atoms with Gasteiger partial charge in [0.15, 0.2) is 0 Å². The van der Waals surface area contributed by atoms with Gasteiger partial charge in [0, 0.05) is 18.9 Å². The Bertz CT molecular complexity index is 858. The van der Waals surface area contributed by atoms with E-state index in [1.807, 2.05) is 0 Å². The van der Waals surface area contributed by atoms with Crippen molar-refractivity contribution >= 4 is 33.1 Å². The topological polar surface area (TPSA) is 110 Å². The molecule has 2 aromatic rings. The number of sulfonamides is 1. The Kier molecular flexibility index (Phi) is 4.66. The number of rotatable bonds is 5. The predicted molar refractivity (Wildman–Crippen MR) is 82.6 cm³/mol. The zero-order chi connectivity index (χ0) is 17.2. The molecule has 0 spiro atoms. The fourth-order valence-corrected chi connectivity index (χ4v) is 2.20. The summed E-state index contributed by atoms with van der Waals surface area (Å²) in [5, 5.41) is 6.58. The number of nitrogens with zero attached hydrogens (tertiary/aromatic N) is 3. The average Bonchev–Trinajstić information content (AvgIpc) is 2.88. The van der Waals surface area contributed by atoms with Gasteiger partial charge in [0.25, 0.3) is 0 Å². The van der Waals surface area contributed by atoms with Crippen LogP contribution in [0.2, 0.25) is 0 Å². The third kappa shape index (κ3) is 3.85. The summed E-state index contributed by atoms with van der Waals surface area (Å²) in [5.41, 5.74) is 1.14. The van der Waals surface area contributed by atoms with Crippen LogP contribution < -0.4 is 5.32 Å². The van der Waals surface area contributed by atoms with Gasteiger partial charge in [0.05, 0.1) is 31.6 Å². The van der Waals surface area contributed by atoms with Crippen molar-refractivity contribution < 1.29 is 22.7 Å². The summed E-state index contributed by atoms with van der Waals surface area (Å²) in [6.45, 7) is -0.312. The van der Waals surface area contributed by atoms with E-state index in [2.05, 4.69) is 15.2 Å². The van der Waals surface area contributed by atoms with Gasteiger partial charge in [-0.2, -0.15) is 9.40 Å². The number of esters is 1. The number of carbonyl (C=O) groups excluding carboxylic acids is 2. The average molecular weight is 340 g/mol. The van der Waals surface area contributed by atoms with Gasteiger partial charge in [-0.3, -0.25) is 4.79 Å². The molecule has 2 rings (SSSR count). The fourth-order valence-electron chi connectivity index (χ4n) is 1.85. The molecule has 9 nitrogen and oxygen atoms in total. The molecule has 0 aromatic carbocycles. The Morgan fingerprint density at radius 2 is 2.13 bits per heavy atom. The highest BCUT2D eigenvalue weighted by atomic mass is 32.2. The van der Waals surface area contributed by atoms with Gasteiger partial charge in [0.1, 0.15) is 5.56 Å². The molecule has 1 N–H and O–H groups in total. The summed E-state index contributed by atoms with van der Waals surface area (Å²) in [5.74, 6) is -1.04. The number of nitrogens with one attached hydrogen (secondary N) is 1. The number of methoxy groups -OCH3 is 1. The molecule has 2 aromatic heterocycles. The number of ether oxygens (including phenoxy) is 1. The molecule has 0 radical (unpaired) electrons. The number of fused-ring (bicyclic) bond motifs is 1. The van der Waals surface area contributed by atoms with E-state index in [-0.39, 0.29) is 12.1 Å². The molecule has 2 heterocycles. The molecule has 0 aliphatic carbocycles. The number of likely N-dealkylation sites (N-methyl/N-ethyl adjacent to an activating group) is 1. The third-order valence-electron chi connectivity index (χ3n) is 3.14. The lowest BCUT2D eigenvalue weighted by molar-refractivity contribution is -0.116. The number of anilines is 1. The lowest BCUT2D eigenvalue weighted by Crippen LogP contribution is -2.34. The van der Waals surface area contributed by atoms with Crippen LogP contribution in [0, 0.1) is 0 Å². The highest BCUT2D eigenvalue weighted by Gasteiger charge is 2.16. The van der Waals surface area contributed by atoms with E-state index in [9.17, 15) is 18.0 Å². The largest absolute Gasteiger partial charge is 0.465 e. The lowest BCUT2D eigenvalue weighted by Gasteiger charge is -2.13. The van der Waals surface area contributed by atoms with Crippen LogP contribution in [0.4, 0.5) is 5.69 Å². The molecule has 0 saturated heterocycles. The third-order valence-corrected chi connectivity index (χ3v) is 4.40. The minimum absolute atomic E-state index is 0.261. The number of hydrogen-bond donors (Lipinski definition) is 1. The van der Waals surface area contributed by atoms with Gasteiger partial charge in [-0.1, -0.05) is 0 Å². The molecule has 1 amide bonds. The maximum atomic E-state index is 11.9. The minimum Gasteiger partial charge on any atom is -0.465 e. The Labute approximate surface area is 132 Å². The van der Waals surface area contributed by atoms with Crippen LogP contribution >= 0.6 is 0 Å². The van der Waals surface area contributed by atoms with Crippen molar-refractivity contribution in [1.29, 1.82) is 0 Å². The highest BCUT2D eigenvalue weighted by Crippen LogP contribution is 2.17. The van der Waals surface area contributed by atoms with E-state index in [0.29, 0.717) is 11.2 Å². The van der Waals surface area contributed by atoms with Crippen molar-refractivity contribution in [2.45, 2.75) is 0 Å². The predicted octanol–water partition coefficient (Wildman–Crippen LogP) is -0.0492. The summed E-state index contributed by atoms with van der Waals surface area (Å²) in [6, 6.07) is 3.14. The quantitative estimate of drug-likeness (QED) is 0.764. The Morgan fingerprint density at radius 1 is 1.43 bits per heavy atom. The van der Waals surface area contributed by atoms with Crippen LogP contribution in [0.5, 0.6) is 0 Å². The summed E-state index contributed by atoms with van der Waals surface area (Å²) >= 11 is 0. The summed E-state index contributed by atoms with van der Waals surface area (Å²) in [7, 11) is -0.868. The van der Waals surface area contributed by atoms with Gasteiger partial charge >= 0.3 is 5.97 Å². The standard InChI is InChI=1S/C13H16N4O5S/c1-16(23(3,20)21)8-12(18)15-9-4-5-17-11(6-9)10(7-14-17)13(19)22-2/h4-7H,8H2,1-3H3,(H,15,18). The van der Waals surface area contributed by atoms with Crippen molar-refractivity contribution in [2.75, 3.05) is 32.3 Å². The molecule has 0 aliphatic heterocycles. The molecule has 0 saturated carbocycles. The Balaban J connectivity index is 2.21. The van der Waals surface area contributed by atoms with Crippen LogP contribution in [0.1, 0.15) is 10.4 Å². The first-order valence-electron chi connectivity index (χ1n) is 6.49. The molecule has 0 atom stereocenters. The first kappa shape index (κ1) is 16.9. The minimum atomic E-state index is -3.44. The fraction of sp³-hybridized carbons (Fsp3) is 0.308. The van der Waals surface area contributed by atoms with Gasteiger partial charge < -0.3 is 10.1 Å².